The lowest BCUT2D eigenvalue weighted by Gasteiger charge is -2.09. The summed E-state index contributed by atoms with van der Waals surface area (Å²) in [5.41, 5.74) is 2.70. The Balaban J connectivity index is 0.00000225. The van der Waals surface area contributed by atoms with Crippen LogP contribution >= 0.6 is 11.6 Å². The van der Waals surface area contributed by atoms with Crippen molar-refractivity contribution in [3.05, 3.63) is 59.2 Å². The summed E-state index contributed by atoms with van der Waals surface area (Å²) in [5.74, 6) is 0.681. The fourth-order valence-electron chi connectivity index (χ4n) is 2.87. The van der Waals surface area contributed by atoms with E-state index in [1.807, 2.05) is 41.0 Å². The number of aryl methyl sites for hydroxylation is 1. The predicted octanol–water partition coefficient (Wildman–Crippen LogP) is 1.46. The lowest BCUT2D eigenvalue weighted by Crippen LogP contribution is -3.00. The molecule has 0 fully saturated rings. The number of hydrogen-bond donors (Lipinski definition) is 1. The summed E-state index contributed by atoms with van der Waals surface area (Å²) in [6, 6.07) is 15.6. The zero-order valence-corrected chi connectivity index (χ0v) is 16.6. The highest BCUT2D eigenvalue weighted by Crippen LogP contribution is 2.23. The summed E-state index contributed by atoms with van der Waals surface area (Å²) in [6.07, 6.45) is 2.18. The molecule has 0 amide bonds. The summed E-state index contributed by atoms with van der Waals surface area (Å²) in [7, 11) is 0. The van der Waals surface area contributed by atoms with Crippen LogP contribution in [0.5, 0.6) is 5.75 Å². The molecule has 0 unspecified atom stereocenters. The van der Waals surface area contributed by atoms with Gasteiger partial charge in [-0.2, -0.15) is 0 Å². The van der Waals surface area contributed by atoms with E-state index in [1.54, 1.807) is 0 Å². The molecular formula is C19H22BrClN3O-. The number of nitrogens with one attached hydrogen (secondary N) is 1. The molecule has 0 aliphatic carbocycles. The molecule has 1 heterocycles. The van der Waals surface area contributed by atoms with Crippen molar-refractivity contribution in [2.45, 2.75) is 32.9 Å². The molecule has 2 aromatic carbocycles. The number of rotatable bonds is 7. The minimum Gasteiger partial charge on any atom is -1.00 e. The normalized spacial score (nSPS) is 10.6. The number of fused-ring (bicyclic) bond motifs is 1. The first-order valence-corrected chi connectivity index (χ1v) is 8.70. The second kappa shape index (κ2) is 9.11. The molecule has 0 saturated carbocycles. The molecule has 25 heavy (non-hydrogen) atoms. The van der Waals surface area contributed by atoms with Gasteiger partial charge in [0.25, 0.3) is 0 Å². The van der Waals surface area contributed by atoms with Gasteiger partial charge < -0.3 is 30.9 Å². The number of para-hydroxylation sites is 3. The molecule has 6 heteroatoms. The molecule has 0 aliphatic rings. The van der Waals surface area contributed by atoms with E-state index in [9.17, 15) is 0 Å². The predicted molar refractivity (Wildman–Crippen MR) is 97.6 cm³/mol. The lowest BCUT2D eigenvalue weighted by molar-refractivity contribution is -0.00000552. The van der Waals surface area contributed by atoms with Gasteiger partial charge in [0.05, 0.1) is 22.6 Å². The van der Waals surface area contributed by atoms with E-state index in [1.165, 1.54) is 0 Å². The Morgan fingerprint density at radius 2 is 1.56 bits per heavy atom. The average Bonchev–Trinajstić information content (AvgIpc) is 2.87. The van der Waals surface area contributed by atoms with Crippen LogP contribution in [0, 0.1) is 5.41 Å². The van der Waals surface area contributed by atoms with Gasteiger partial charge in [-0.05, 0) is 30.7 Å². The zero-order chi connectivity index (χ0) is 16.9. The van der Waals surface area contributed by atoms with E-state index in [0.29, 0.717) is 29.5 Å². The van der Waals surface area contributed by atoms with Crippen LogP contribution in [-0.4, -0.2) is 15.7 Å². The van der Waals surface area contributed by atoms with Crippen LogP contribution in [0.4, 0.5) is 0 Å². The van der Waals surface area contributed by atoms with Crippen LogP contribution in [0.2, 0.25) is 5.02 Å². The van der Waals surface area contributed by atoms with Crippen LogP contribution in [0.15, 0.2) is 48.5 Å². The van der Waals surface area contributed by atoms with Gasteiger partial charge in [0.2, 0.25) is 5.62 Å². The average molecular weight is 424 g/mol. The quantitative estimate of drug-likeness (QED) is 0.614. The SMILES string of the molecule is CCCCn1c(=N)n(CCOc2ccccc2Cl)c2ccccc21.[Br-]. The maximum atomic E-state index is 8.52. The first-order valence-electron chi connectivity index (χ1n) is 8.32. The van der Waals surface area contributed by atoms with Gasteiger partial charge in [-0.15, -0.1) is 0 Å². The van der Waals surface area contributed by atoms with Crippen molar-refractivity contribution in [2.75, 3.05) is 6.61 Å². The first-order chi connectivity index (χ1) is 11.7. The van der Waals surface area contributed by atoms with E-state index in [0.717, 1.165) is 30.4 Å². The van der Waals surface area contributed by atoms with Gasteiger partial charge >= 0.3 is 0 Å². The molecule has 0 radical (unpaired) electrons. The van der Waals surface area contributed by atoms with Crippen molar-refractivity contribution >= 4 is 22.6 Å². The largest absolute Gasteiger partial charge is 1.00 e. The summed E-state index contributed by atoms with van der Waals surface area (Å²) in [4.78, 5) is 0. The Labute approximate surface area is 163 Å². The maximum absolute atomic E-state index is 8.52. The van der Waals surface area contributed by atoms with Crippen LogP contribution < -0.4 is 27.3 Å². The third-order valence-corrected chi connectivity index (χ3v) is 4.43. The molecular weight excluding hydrogens is 402 g/mol. The first kappa shape index (κ1) is 19.6. The second-order valence-corrected chi connectivity index (χ2v) is 6.16. The number of unbranched alkanes of at least 4 members (excludes halogenated alkanes) is 1. The highest BCUT2D eigenvalue weighted by molar-refractivity contribution is 6.32. The number of nitrogens with zero attached hydrogens (tertiary/aromatic N) is 2. The molecule has 0 spiro atoms. The molecule has 0 saturated heterocycles. The number of ether oxygens (including phenoxy) is 1. The lowest BCUT2D eigenvalue weighted by atomic mass is 10.3. The Bertz CT molecular complexity index is 888. The van der Waals surface area contributed by atoms with E-state index in [2.05, 4.69) is 23.6 Å². The van der Waals surface area contributed by atoms with Crippen LogP contribution in [0.3, 0.4) is 0 Å². The van der Waals surface area contributed by atoms with Gasteiger partial charge in [0.1, 0.15) is 12.4 Å². The molecule has 4 nitrogen and oxygen atoms in total. The minimum atomic E-state index is 0. The minimum absolute atomic E-state index is 0. The van der Waals surface area contributed by atoms with E-state index in [-0.39, 0.29) is 17.0 Å². The summed E-state index contributed by atoms with van der Waals surface area (Å²) in [6.45, 7) is 4.13. The molecule has 1 aromatic heterocycles. The second-order valence-electron chi connectivity index (χ2n) is 5.75. The van der Waals surface area contributed by atoms with Crippen LogP contribution in [0.25, 0.3) is 11.0 Å². The smallest absolute Gasteiger partial charge is 0.203 e. The van der Waals surface area contributed by atoms with Crippen molar-refractivity contribution in [3.8, 4) is 5.75 Å². The Hall–Kier alpha value is -1.72. The van der Waals surface area contributed by atoms with Gasteiger partial charge in [-0.3, -0.25) is 5.41 Å². The monoisotopic (exact) mass is 422 g/mol. The van der Waals surface area contributed by atoms with Crippen molar-refractivity contribution in [3.63, 3.8) is 0 Å². The highest BCUT2D eigenvalue weighted by atomic mass is 79.9. The van der Waals surface area contributed by atoms with Crippen LogP contribution in [0.1, 0.15) is 19.8 Å². The van der Waals surface area contributed by atoms with Crippen molar-refractivity contribution in [2.24, 2.45) is 0 Å². The highest BCUT2D eigenvalue weighted by Gasteiger charge is 2.10. The molecule has 0 bridgehead atoms. The molecule has 3 rings (SSSR count). The van der Waals surface area contributed by atoms with Crippen LogP contribution in [-0.2, 0) is 13.1 Å². The van der Waals surface area contributed by atoms with Gasteiger partial charge in [-0.25, -0.2) is 0 Å². The number of imidazole rings is 1. The number of hydrogen-bond acceptors (Lipinski definition) is 2. The fourth-order valence-corrected chi connectivity index (χ4v) is 3.06. The third kappa shape index (κ3) is 4.28. The van der Waals surface area contributed by atoms with Crippen molar-refractivity contribution in [1.82, 2.24) is 9.13 Å². The summed E-state index contributed by atoms with van der Waals surface area (Å²) in [5, 5.41) is 9.13. The Morgan fingerprint density at radius 1 is 0.960 bits per heavy atom. The molecule has 3 aromatic rings. The van der Waals surface area contributed by atoms with E-state index >= 15 is 0 Å². The summed E-state index contributed by atoms with van der Waals surface area (Å²) >= 11 is 6.12. The Morgan fingerprint density at radius 3 is 2.20 bits per heavy atom. The molecule has 0 aliphatic heterocycles. The fraction of sp³-hybridized carbons (Fsp3) is 0.316. The number of halogens is 2. The Kier molecular flexibility index (Phi) is 7.14. The van der Waals surface area contributed by atoms with E-state index < -0.39 is 0 Å². The molecule has 0 atom stereocenters. The molecule has 134 valence electrons. The van der Waals surface area contributed by atoms with Crippen molar-refractivity contribution < 1.29 is 21.7 Å². The van der Waals surface area contributed by atoms with E-state index in [4.69, 9.17) is 21.7 Å². The van der Waals surface area contributed by atoms with Gasteiger partial charge in [0, 0.05) is 6.54 Å². The molecule has 1 N–H and O–H groups in total. The standard InChI is InChI=1S/C19H22ClN3O.BrH/c1-2-3-12-22-16-9-5-6-10-17(16)23(19(22)21)13-14-24-18-11-7-4-8-15(18)20;/h4-11,21H,2-3,12-14H2,1H3;1H/p-1. The maximum Gasteiger partial charge on any atom is 0.203 e. The third-order valence-electron chi connectivity index (χ3n) is 4.12. The topological polar surface area (TPSA) is 42.9 Å². The van der Waals surface area contributed by atoms with Crippen molar-refractivity contribution in [1.29, 1.82) is 5.41 Å². The number of benzene rings is 2. The summed E-state index contributed by atoms with van der Waals surface area (Å²) < 4.78 is 9.87. The van der Waals surface area contributed by atoms with Gasteiger partial charge in [-0.1, -0.05) is 49.2 Å². The zero-order valence-electron chi connectivity index (χ0n) is 14.2. The number of aromatic nitrogens is 2. The van der Waals surface area contributed by atoms with Gasteiger partial charge in [0.15, 0.2) is 0 Å².